The van der Waals surface area contributed by atoms with Gasteiger partial charge in [0.2, 0.25) is 0 Å². The maximum atomic E-state index is 13.2. The summed E-state index contributed by atoms with van der Waals surface area (Å²) in [5.41, 5.74) is 2.60. The van der Waals surface area contributed by atoms with Crippen LogP contribution in [0.3, 0.4) is 0 Å². The van der Waals surface area contributed by atoms with Crippen LogP contribution in [0, 0.1) is 0 Å². The summed E-state index contributed by atoms with van der Waals surface area (Å²) in [5, 5.41) is 9.71. The predicted molar refractivity (Wildman–Crippen MR) is 121 cm³/mol. The number of methoxy groups -OCH3 is 1. The van der Waals surface area contributed by atoms with Crippen molar-refractivity contribution in [1.82, 2.24) is 0 Å². The molecule has 0 aromatic heterocycles. The molecule has 0 saturated carbocycles. The van der Waals surface area contributed by atoms with E-state index in [4.69, 9.17) is 4.74 Å². The molecule has 8 heteroatoms. The summed E-state index contributed by atoms with van der Waals surface area (Å²) in [6.07, 6.45) is 0.636. The Bertz CT molecular complexity index is 1220. The van der Waals surface area contributed by atoms with Crippen LogP contribution in [0.25, 0.3) is 0 Å². The molecule has 0 fully saturated rings. The molecule has 160 valence electrons. The maximum absolute atomic E-state index is 13.2. The summed E-state index contributed by atoms with van der Waals surface area (Å²) in [6.45, 7) is 0.345. The van der Waals surface area contributed by atoms with Crippen LogP contribution >= 0.6 is 11.8 Å². The van der Waals surface area contributed by atoms with Gasteiger partial charge < -0.3 is 9.84 Å². The molecule has 0 bridgehead atoms. The highest BCUT2D eigenvalue weighted by Gasteiger charge is 2.31. The molecule has 0 amide bonds. The highest BCUT2D eigenvalue weighted by Crippen LogP contribution is 2.35. The highest BCUT2D eigenvalue weighted by atomic mass is 32.2. The first-order chi connectivity index (χ1) is 14.9. The van der Waals surface area contributed by atoms with Gasteiger partial charge in [0, 0.05) is 17.2 Å². The number of carboxylic acids is 1. The Hall–Kier alpha value is -2.97. The van der Waals surface area contributed by atoms with E-state index in [0.29, 0.717) is 29.3 Å². The quantitative estimate of drug-likeness (QED) is 0.531. The molecular weight excluding hydrogens is 434 g/mol. The van der Waals surface area contributed by atoms with E-state index in [1.807, 2.05) is 36.4 Å². The van der Waals surface area contributed by atoms with E-state index in [9.17, 15) is 18.3 Å². The fourth-order valence-electron chi connectivity index (χ4n) is 3.53. The molecular formula is C23H21NO5S2. The monoisotopic (exact) mass is 455 g/mol. The van der Waals surface area contributed by atoms with Crippen molar-refractivity contribution >= 4 is 33.4 Å². The number of sulfonamides is 1. The number of hydrogen-bond donors (Lipinski definition) is 1. The Kier molecular flexibility index (Phi) is 5.93. The Morgan fingerprint density at radius 3 is 2.55 bits per heavy atom. The maximum Gasteiger partial charge on any atom is 0.336 e. The lowest BCUT2D eigenvalue weighted by molar-refractivity contribution is 0.0693. The van der Waals surface area contributed by atoms with Crippen LogP contribution in [0.4, 0.5) is 5.69 Å². The van der Waals surface area contributed by atoms with E-state index >= 15 is 0 Å². The van der Waals surface area contributed by atoms with Crippen molar-refractivity contribution < 1.29 is 23.1 Å². The zero-order chi connectivity index (χ0) is 22.0. The molecule has 1 aliphatic heterocycles. The second-order valence-electron chi connectivity index (χ2n) is 7.06. The van der Waals surface area contributed by atoms with Gasteiger partial charge in [-0.05, 0) is 53.9 Å². The molecule has 0 spiro atoms. The third-order valence-electron chi connectivity index (χ3n) is 5.17. The number of nitrogens with zero attached hydrogens (tertiary/aromatic N) is 1. The van der Waals surface area contributed by atoms with E-state index in [-0.39, 0.29) is 10.5 Å². The van der Waals surface area contributed by atoms with Crippen LogP contribution in [0.15, 0.2) is 76.5 Å². The molecule has 3 aromatic carbocycles. The number of carbonyl (C=O) groups is 1. The third kappa shape index (κ3) is 4.26. The normalized spacial score (nSPS) is 13.1. The third-order valence-corrected chi connectivity index (χ3v) is 8.12. The molecule has 3 aromatic rings. The van der Waals surface area contributed by atoms with Gasteiger partial charge >= 0.3 is 5.97 Å². The average Bonchev–Trinajstić information content (AvgIpc) is 3.23. The molecule has 0 aliphatic carbocycles. The first-order valence-corrected chi connectivity index (χ1v) is 12.1. The number of rotatable bonds is 7. The van der Waals surface area contributed by atoms with Gasteiger partial charge in [0.25, 0.3) is 10.0 Å². The van der Waals surface area contributed by atoms with E-state index in [1.54, 1.807) is 25.3 Å². The largest absolute Gasteiger partial charge is 0.497 e. The van der Waals surface area contributed by atoms with E-state index < -0.39 is 16.0 Å². The van der Waals surface area contributed by atoms with Gasteiger partial charge in [-0.3, -0.25) is 4.31 Å². The minimum Gasteiger partial charge on any atom is -0.497 e. The van der Waals surface area contributed by atoms with Crippen LogP contribution in [-0.2, 0) is 22.2 Å². The Morgan fingerprint density at radius 1 is 1.10 bits per heavy atom. The van der Waals surface area contributed by atoms with Gasteiger partial charge in [0.05, 0.1) is 23.3 Å². The minimum absolute atomic E-state index is 0.0181. The van der Waals surface area contributed by atoms with Gasteiger partial charge in [0.1, 0.15) is 5.75 Å². The lowest BCUT2D eigenvalue weighted by Crippen LogP contribution is -2.29. The Balaban J connectivity index is 1.60. The lowest BCUT2D eigenvalue weighted by atomic mass is 10.2. The van der Waals surface area contributed by atoms with Crippen molar-refractivity contribution in [2.45, 2.75) is 22.0 Å². The van der Waals surface area contributed by atoms with Crippen molar-refractivity contribution in [3.8, 4) is 5.75 Å². The number of hydrogen-bond acceptors (Lipinski definition) is 5. The number of benzene rings is 3. The average molecular weight is 456 g/mol. The molecule has 1 N–H and O–H groups in total. The Labute approximate surface area is 185 Å². The standard InChI is InChI=1S/C23H21NO5S2/c1-29-18-8-6-16(7-9-18)15-30-22-11-10-19(14-20(22)23(25)26)31(27,28)24-13-12-17-4-2-3-5-21(17)24/h2-11,14H,12-13,15H2,1H3,(H,25,26). The minimum atomic E-state index is -3.85. The van der Waals surface area contributed by atoms with Gasteiger partial charge in [-0.1, -0.05) is 30.3 Å². The van der Waals surface area contributed by atoms with Gasteiger partial charge in [-0.25, -0.2) is 13.2 Å². The van der Waals surface area contributed by atoms with Crippen molar-refractivity contribution in [1.29, 1.82) is 0 Å². The first-order valence-electron chi connectivity index (χ1n) is 9.64. The van der Waals surface area contributed by atoms with Gasteiger partial charge in [-0.15, -0.1) is 11.8 Å². The molecule has 4 rings (SSSR count). The number of fused-ring (bicyclic) bond motifs is 1. The summed E-state index contributed by atoms with van der Waals surface area (Å²) in [6, 6.07) is 19.2. The molecule has 31 heavy (non-hydrogen) atoms. The fraction of sp³-hybridized carbons (Fsp3) is 0.174. The predicted octanol–water partition coefficient (Wildman–Crippen LogP) is 4.44. The van der Waals surface area contributed by atoms with Crippen molar-refractivity contribution in [3.05, 3.63) is 83.4 Å². The highest BCUT2D eigenvalue weighted by molar-refractivity contribution is 7.98. The van der Waals surface area contributed by atoms with Crippen LogP contribution in [0.2, 0.25) is 0 Å². The van der Waals surface area contributed by atoms with Crippen LogP contribution < -0.4 is 9.04 Å². The zero-order valence-electron chi connectivity index (χ0n) is 16.8. The van der Waals surface area contributed by atoms with E-state index in [2.05, 4.69) is 0 Å². The van der Waals surface area contributed by atoms with Crippen LogP contribution in [0.1, 0.15) is 21.5 Å². The molecule has 0 radical (unpaired) electrons. The summed E-state index contributed by atoms with van der Waals surface area (Å²) in [4.78, 5) is 12.4. The van der Waals surface area contributed by atoms with Crippen molar-refractivity contribution in [2.75, 3.05) is 18.0 Å². The summed E-state index contributed by atoms with van der Waals surface area (Å²) in [7, 11) is -2.26. The Morgan fingerprint density at radius 2 is 1.84 bits per heavy atom. The molecule has 0 saturated heterocycles. The first kappa shape index (κ1) is 21.3. The van der Waals surface area contributed by atoms with Crippen LogP contribution in [-0.4, -0.2) is 33.1 Å². The van der Waals surface area contributed by atoms with E-state index in [1.165, 1.54) is 28.2 Å². The number of carboxylic acid groups (broad SMARTS) is 1. The van der Waals surface area contributed by atoms with E-state index in [0.717, 1.165) is 16.9 Å². The molecule has 6 nitrogen and oxygen atoms in total. The number of thioether (sulfide) groups is 1. The molecule has 0 atom stereocenters. The zero-order valence-corrected chi connectivity index (χ0v) is 18.4. The fourth-order valence-corrected chi connectivity index (χ4v) is 6.04. The number of para-hydroxylation sites is 1. The van der Waals surface area contributed by atoms with Crippen molar-refractivity contribution in [3.63, 3.8) is 0 Å². The van der Waals surface area contributed by atoms with Gasteiger partial charge in [-0.2, -0.15) is 0 Å². The molecule has 1 aliphatic rings. The second-order valence-corrected chi connectivity index (χ2v) is 9.94. The SMILES string of the molecule is COc1ccc(CSc2ccc(S(=O)(=O)N3CCc4ccccc43)cc2C(=O)O)cc1. The van der Waals surface area contributed by atoms with Crippen LogP contribution in [0.5, 0.6) is 5.75 Å². The summed E-state index contributed by atoms with van der Waals surface area (Å²) >= 11 is 1.35. The summed E-state index contributed by atoms with van der Waals surface area (Å²) in [5.74, 6) is 0.143. The summed E-state index contributed by atoms with van der Waals surface area (Å²) < 4.78 is 33.0. The molecule has 1 heterocycles. The smallest absolute Gasteiger partial charge is 0.336 e. The lowest BCUT2D eigenvalue weighted by Gasteiger charge is -2.20. The van der Waals surface area contributed by atoms with Crippen molar-refractivity contribution in [2.24, 2.45) is 0 Å². The number of aromatic carboxylic acids is 1. The number of ether oxygens (including phenoxy) is 1. The van der Waals surface area contributed by atoms with Gasteiger partial charge in [0.15, 0.2) is 0 Å². The topological polar surface area (TPSA) is 83.9 Å². The number of anilines is 1. The second kappa shape index (κ2) is 8.64. The molecule has 0 unspecified atom stereocenters.